The van der Waals surface area contributed by atoms with Crippen molar-refractivity contribution < 1.29 is 23.8 Å². The summed E-state index contributed by atoms with van der Waals surface area (Å²) in [7, 11) is 0. The number of aryl methyl sites for hydroxylation is 1. The molecule has 0 fully saturated rings. The largest absolute Gasteiger partial charge is 0.460 e. The lowest BCUT2D eigenvalue weighted by Gasteiger charge is -2.26. The number of amides is 1. The van der Waals surface area contributed by atoms with Gasteiger partial charge in [0.1, 0.15) is 17.2 Å². The highest BCUT2D eigenvalue weighted by molar-refractivity contribution is 7.99. The standard InChI is InChI=1S/C20H20FNO4S/c1-12-18(19(25)22-20(2,10-23)11-24)14-8-17(15(21)9-16(14)26-12)27-13-6-4-3-5-7-13/h3-9,23-24H,10-11H2,1-2H3,(H,22,25). The van der Waals surface area contributed by atoms with E-state index in [9.17, 15) is 19.4 Å². The van der Waals surface area contributed by atoms with Crippen molar-refractivity contribution in [2.45, 2.75) is 29.2 Å². The quantitative estimate of drug-likeness (QED) is 0.601. The molecule has 1 aromatic heterocycles. The Labute approximate surface area is 160 Å². The number of hydrogen-bond donors (Lipinski definition) is 3. The van der Waals surface area contributed by atoms with Gasteiger partial charge in [-0.05, 0) is 32.0 Å². The van der Waals surface area contributed by atoms with Crippen LogP contribution in [-0.4, -0.2) is 34.9 Å². The molecule has 1 amide bonds. The summed E-state index contributed by atoms with van der Waals surface area (Å²) in [5, 5.41) is 21.9. The summed E-state index contributed by atoms with van der Waals surface area (Å²) in [5.41, 5.74) is -0.648. The molecule has 0 aliphatic carbocycles. The second-order valence-electron chi connectivity index (χ2n) is 6.56. The van der Waals surface area contributed by atoms with Crippen LogP contribution in [0.15, 0.2) is 56.7 Å². The predicted molar refractivity (Wildman–Crippen MR) is 102 cm³/mol. The highest BCUT2D eigenvalue weighted by Gasteiger charge is 2.28. The summed E-state index contributed by atoms with van der Waals surface area (Å²) < 4.78 is 20.0. The van der Waals surface area contributed by atoms with Gasteiger partial charge in [-0.25, -0.2) is 4.39 Å². The van der Waals surface area contributed by atoms with Gasteiger partial charge < -0.3 is 19.9 Å². The summed E-state index contributed by atoms with van der Waals surface area (Å²) >= 11 is 1.25. The first kappa shape index (κ1) is 19.4. The van der Waals surface area contributed by atoms with E-state index in [1.807, 2.05) is 30.3 Å². The molecule has 142 valence electrons. The number of aliphatic hydroxyl groups is 2. The van der Waals surface area contributed by atoms with E-state index in [1.54, 1.807) is 13.0 Å². The van der Waals surface area contributed by atoms with E-state index >= 15 is 0 Å². The number of furan rings is 1. The van der Waals surface area contributed by atoms with Gasteiger partial charge in [-0.2, -0.15) is 0 Å². The monoisotopic (exact) mass is 389 g/mol. The lowest BCUT2D eigenvalue weighted by molar-refractivity contribution is 0.0723. The van der Waals surface area contributed by atoms with E-state index in [0.29, 0.717) is 16.0 Å². The van der Waals surface area contributed by atoms with Crippen molar-refractivity contribution in [2.24, 2.45) is 0 Å². The van der Waals surface area contributed by atoms with Crippen LogP contribution in [0.1, 0.15) is 23.0 Å². The van der Waals surface area contributed by atoms with Crippen molar-refractivity contribution >= 4 is 28.6 Å². The van der Waals surface area contributed by atoms with Crippen LogP contribution in [0.5, 0.6) is 0 Å². The van der Waals surface area contributed by atoms with Gasteiger partial charge in [-0.3, -0.25) is 4.79 Å². The van der Waals surface area contributed by atoms with E-state index in [0.717, 1.165) is 4.90 Å². The molecule has 3 aromatic rings. The highest BCUT2D eigenvalue weighted by Crippen LogP contribution is 2.35. The van der Waals surface area contributed by atoms with Crippen molar-refractivity contribution in [1.29, 1.82) is 0 Å². The molecule has 0 saturated heterocycles. The first-order valence-electron chi connectivity index (χ1n) is 8.36. The fraction of sp³-hybridized carbons (Fsp3) is 0.250. The zero-order chi connectivity index (χ0) is 19.6. The van der Waals surface area contributed by atoms with Gasteiger partial charge in [0, 0.05) is 21.2 Å². The number of benzene rings is 2. The Balaban J connectivity index is 2.02. The lowest BCUT2D eigenvalue weighted by atomic mass is 10.0. The number of fused-ring (bicyclic) bond motifs is 1. The third-order valence-electron chi connectivity index (χ3n) is 4.23. The second-order valence-corrected chi connectivity index (χ2v) is 7.67. The van der Waals surface area contributed by atoms with Crippen LogP contribution in [0.4, 0.5) is 4.39 Å². The Morgan fingerprint density at radius 2 is 1.89 bits per heavy atom. The molecular weight excluding hydrogens is 369 g/mol. The predicted octanol–water partition coefficient (Wildman–Crippen LogP) is 3.50. The Kier molecular flexibility index (Phi) is 5.55. The Hall–Kier alpha value is -2.35. The van der Waals surface area contributed by atoms with Crippen molar-refractivity contribution in [2.75, 3.05) is 13.2 Å². The first-order chi connectivity index (χ1) is 12.9. The molecule has 0 aliphatic rings. The minimum atomic E-state index is -1.17. The summed E-state index contributed by atoms with van der Waals surface area (Å²) in [4.78, 5) is 14.0. The summed E-state index contributed by atoms with van der Waals surface area (Å²) in [6, 6.07) is 12.2. The third kappa shape index (κ3) is 4.00. The molecule has 5 nitrogen and oxygen atoms in total. The third-order valence-corrected chi connectivity index (χ3v) is 5.27. The molecule has 3 N–H and O–H groups in total. The van der Waals surface area contributed by atoms with Gasteiger partial charge in [0.15, 0.2) is 0 Å². The average molecular weight is 389 g/mol. The summed E-state index contributed by atoms with van der Waals surface area (Å²) in [6.45, 7) is 2.30. The number of aliphatic hydroxyl groups excluding tert-OH is 2. The van der Waals surface area contributed by atoms with E-state index in [1.165, 1.54) is 24.8 Å². The Morgan fingerprint density at radius 3 is 2.52 bits per heavy atom. The number of nitrogens with one attached hydrogen (secondary N) is 1. The van der Waals surface area contributed by atoms with Gasteiger partial charge >= 0.3 is 0 Å². The second kappa shape index (κ2) is 7.72. The molecule has 0 radical (unpaired) electrons. The highest BCUT2D eigenvalue weighted by atomic mass is 32.2. The number of hydrogen-bond acceptors (Lipinski definition) is 5. The van der Waals surface area contributed by atoms with Crippen molar-refractivity contribution in [3.8, 4) is 0 Å². The smallest absolute Gasteiger partial charge is 0.256 e. The van der Waals surface area contributed by atoms with Crippen LogP contribution >= 0.6 is 11.8 Å². The molecule has 2 aromatic carbocycles. The van der Waals surface area contributed by atoms with Gasteiger partial charge in [-0.1, -0.05) is 30.0 Å². The van der Waals surface area contributed by atoms with Crippen LogP contribution in [0.3, 0.4) is 0 Å². The fourth-order valence-electron chi connectivity index (χ4n) is 2.66. The minimum Gasteiger partial charge on any atom is -0.460 e. The van der Waals surface area contributed by atoms with E-state index in [4.69, 9.17) is 4.42 Å². The SMILES string of the molecule is Cc1oc2cc(F)c(Sc3ccccc3)cc2c1C(=O)NC(C)(CO)CO. The maximum atomic E-state index is 14.5. The van der Waals surface area contributed by atoms with E-state index < -0.39 is 30.5 Å². The van der Waals surface area contributed by atoms with Gasteiger partial charge in [0.05, 0.1) is 24.3 Å². The number of carbonyl (C=O) groups excluding carboxylic acids is 1. The minimum absolute atomic E-state index is 0.257. The molecule has 0 saturated carbocycles. The first-order valence-corrected chi connectivity index (χ1v) is 9.18. The van der Waals surface area contributed by atoms with Crippen molar-refractivity contribution in [1.82, 2.24) is 5.32 Å². The number of carbonyl (C=O) groups is 1. The molecule has 3 rings (SSSR count). The Morgan fingerprint density at radius 1 is 1.22 bits per heavy atom. The van der Waals surface area contributed by atoms with Crippen LogP contribution in [-0.2, 0) is 0 Å². The maximum Gasteiger partial charge on any atom is 0.256 e. The molecule has 7 heteroatoms. The van der Waals surface area contributed by atoms with Crippen molar-refractivity contribution in [3.05, 3.63) is 59.6 Å². The molecule has 0 bridgehead atoms. The van der Waals surface area contributed by atoms with Gasteiger partial charge in [0.25, 0.3) is 5.91 Å². The Bertz CT molecular complexity index is 967. The molecule has 0 unspecified atom stereocenters. The van der Waals surface area contributed by atoms with Gasteiger partial charge in [0.2, 0.25) is 0 Å². The number of rotatable bonds is 6. The van der Waals surface area contributed by atoms with Crippen LogP contribution < -0.4 is 5.32 Å². The summed E-state index contributed by atoms with van der Waals surface area (Å²) in [5.74, 6) is -0.603. The molecule has 0 atom stereocenters. The lowest BCUT2D eigenvalue weighted by Crippen LogP contribution is -2.51. The van der Waals surface area contributed by atoms with Crippen LogP contribution in [0.25, 0.3) is 11.0 Å². The van der Waals surface area contributed by atoms with Crippen molar-refractivity contribution in [3.63, 3.8) is 0 Å². The summed E-state index contributed by atoms with van der Waals surface area (Å²) in [6.07, 6.45) is 0. The van der Waals surface area contributed by atoms with E-state index in [2.05, 4.69) is 5.32 Å². The van der Waals surface area contributed by atoms with E-state index in [-0.39, 0.29) is 11.1 Å². The van der Waals surface area contributed by atoms with Crippen LogP contribution in [0, 0.1) is 12.7 Å². The maximum absolute atomic E-state index is 14.5. The van der Waals surface area contributed by atoms with Gasteiger partial charge in [-0.15, -0.1) is 0 Å². The normalized spacial score (nSPS) is 11.7. The van der Waals surface area contributed by atoms with Crippen LogP contribution in [0.2, 0.25) is 0 Å². The molecule has 0 spiro atoms. The number of halogens is 1. The zero-order valence-corrected chi connectivity index (χ0v) is 15.8. The molecule has 0 aliphatic heterocycles. The molecule has 1 heterocycles. The molecule has 27 heavy (non-hydrogen) atoms. The molecular formula is C20H20FNO4S. The topological polar surface area (TPSA) is 82.7 Å². The fourth-order valence-corrected chi connectivity index (χ4v) is 3.54. The zero-order valence-electron chi connectivity index (χ0n) is 15.0. The average Bonchev–Trinajstić information content (AvgIpc) is 2.97.